The predicted molar refractivity (Wildman–Crippen MR) is 272 cm³/mol. The van der Waals surface area contributed by atoms with E-state index >= 15 is 0 Å². The Morgan fingerprint density at radius 2 is 1.49 bits per heavy atom. The number of ketones is 1. The van der Waals surface area contributed by atoms with Crippen molar-refractivity contribution in [2.45, 2.75) is 164 Å². The quantitative estimate of drug-likeness (QED) is 0.204. The Labute approximate surface area is 418 Å². The van der Waals surface area contributed by atoms with Gasteiger partial charge in [0.15, 0.2) is 5.78 Å². The summed E-state index contributed by atoms with van der Waals surface area (Å²) in [5, 5.41) is 15.7. The summed E-state index contributed by atoms with van der Waals surface area (Å²) in [4.78, 5) is 61.6. The summed E-state index contributed by atoms with van der Waals surface area (Å²) >= 11 is 6.30. The van der Waals surface area contributed by atoms with Crippen molar-refractivity contribution in [3.8, 4) is 0 Å². The Kier molecular flexibility index (Phi) is 13.2. The largest absolute Gasteiger partial charge is 0.481 e. The highest BCUT2D eigenvalue weighted by molar-refractivity contribution is 6.30. The van der Waals surface area contributed by atoms with Crippen LogP contribution in [0.25, 0.3) is 0 Å². The van der Waals surface area contributed by atoms with Crippen LogP contribution < -0.4 is 5.32 Å². The van der Waals surface area contributed by atoms with Gasteiger partial charge >= 0.3 is 18.0 Å². The number of Topliss-reactive ketones (excluding diaryl/α,β-unsaturated/α-hetero) is 1. The Bertz CT molecular complexity index is 2340. The third-order valence-corrected chi connectivity index (χ3v) is 21.8. The third-order valence-electron chi connectivity index (χ3n) is 21.6. The van der Waals surface area contributed by atoms with Gasteiger partial charge in [-0.1, -0.05) is 123 Å². The van der Waals surface area contributed by atoms with Crippen LogP contribution >= 0.6 is 11.6 Å². The number of carboxylic acid groups (broad SMARTS) is 1. The fourth-order valence-electron chi connectivity index (χ4n) is 17.8. The molecule has 69 heavy (non-hydrogen) atoms. The van der Waals surface area contributed by atoms with Crippen molar-refractivity contribution >= 4 is 35.4 Å². The molecule has 10 heteroatoms. The number of halogens is 1. The van der Waals surface area contributed by atoms with Gasteiger partial charge in [0.1, 0.15) is 6.61 Å². The van der Waals surface area contributed by atoms with Crippen LogP contribution in [0, 0.1) is 68.0 Å². The fourth-order valence-corrected chi connectivity index (χ4v) is 17.9. The van der Waals surface area contributed by atoms with Crippen LogP contribution in [0.15, 0.2) is 65.7 Å². The first-order chi connectivity index (χ1) is 32.6. The third kappa shape index (κ3) is 7.94. The van der Waals surface area contributed by atoms with Crippen LogP contribution in [0.3, 0.4) is 0 Å². The van der Waals surface area contributed by atoms with E-state index in [-0.39, 0.29) is 63.8 Å². The highest BCUT2D eigenvalue weighted by Crippen LogP contribution is 2.79. The van der Waals surface area contributed by atoms with Gasteiger partial charge in [-0.3, -0.25) is 14.4 Å². The molecule has 2 amide bonds. The standard InChI is InChI=1S/C59H82ClN3O6/c1-38(2)48-44(64)35-58(61-52(68)63(33-32-62-30-14-11-15-31-62)36-39-18-20-41(60)21-19-39)29-28-56(8)42(49(48)58)22-23-47-55(7)26-24-46(53(3,4)45(55)25-27-57(47,56)9)59(51(66)67)34-43(54(59,5)6)50(65)69-37-40-16-12-10-13-17-40/h10,12-13,16-21,38,42-43,45-47H,11,14-15,22-37H2,1-9H3,(H,61,68)(H,66,67)/t42-,43+,45-,46+,47-,55-,56-,57-,58-,59-/m1/s1. The second-order valence-corrected chi connectivity index (χ2v) is 25.9. The second kappa shape index (κ2) is 18.1. The molecular formula is C59H82ClN3O6. The summed E-state index contributed by atoms with van der Waals surface area (Å²) in [5.74, 6) is -0.482. The molecule has 9 nitrogen and oxygen atoms in total. The van der Waals surface area contributed by atoms with Crippen LogP contribution in [-0.4, -0.2) is 70.4 Å². The maximum atomic E-state index is 15.0. The SMILES string of the molecule is CC(C)C1=C2[C@H]3CC[C@@H]4[C@]5(C)CC[C@H]([C@@]6(C(=O)O)C[C@@H](C(=O)OCc7ccccc7)C6(C)C)C(C)(C)[C@H]5CC[C@@]4(C)[C@]3(C)CC[C@@]2(NC(=O)N(CCN2CCCCC2)Cc2ccc(Cl)cc2)CC1=O. The predicted octanol–water partition coefficient (Wildman–Crippen LogP) is 12.5. The van der Waals surface area contributed by atoms with E-state index in [1.54, 1.807) is 0 Å². The summed E-state index contributed by atoms with van der Waals surface area (Å²) in [6.07, 6.45) is 11.8. The lowest BCUT2D eigenvalue weighted by Crippen LogP contribution is -2.71. The van der Waals surface area contributed by atoms with E-state index in [9.17, 15) is 24.3 Å². The van der Waals surface area contributed by atoms with Gasteiger partial charge in [0.2, 0.25) is 0 Å². The van der Waals surface area contributed by atoms with Gasteiger partial charge in [-0.25, -0.2) is 4.79 Å². The van der Waals surface area contributed by atoms with E-state index in [2.05, 4.69) is 58.7 Å². The van der Waals surface area contributed by atoms with Gasteiger partial charge in [-0.2, -0.15) is 0 Å². The topological polar surface area (TPSA) is 116 Å². The molecule has 1 heterocycles. The molecule has 2 aromatic carbocycles. The van der Waals surface area contributed by atoms with Gasteiger partial charge in [-0.05, 0) is 175 Å². The first-order valence-corrected chi connectivity index (χ1v) is 27.2. The molecule has 0 aromatic heterocycles. The Morgan fingerprint density at radius 1 is 0.812 bits per heavy atom. The summed E-state index contributed by atoms with van der Waals surface area (Å²) in [6.45, 7) is 25.0. The molecule has 5 saturated carbocycles. The van der Waals surface area contributed by atoms with Crippen molar-refractivity contribution in [1.29, 1.82) is 0 Å². The number of allylic oxidation sites excluding steroid dienone is 1. The molecule has 0 spiro atoms. The van der Waals surface area contributed by atoms with Crippen molar-refractivity contribution in [3.05, 3.63) is 81.9 Å². The first-order valence-electron chi connectivity index (χ1n) is 26.8. The number of nitrogens with zero attached hydrogens (tertiary/aromatic N) is 2. The number of aliphatic carboxylic acids is 1. The zero-order valence-corrected chi connectivity index (χ0v) is 44.1. The van der Waals surface area contributed by atoms with E-state index in [4.69, 9.17) is 16.3 Å². The summed E-state index contributed by atoms with van der Waals surface area (Å²) in [7, 11) is 0. The van der Waals surface area contributed by atoms with Crippen LogP contribution in [-0.2, 0) is 32.3 Å². The van der Waals surface area contributed by atoms with Crippen LogP contribution in [0.5, 0.6) is 0 Å². The Hall–Kier alpha value is -3.69. The van der Waals surface area contributed by atoms with E-state index in [0.29, 0.717) is 42.8 Å². The number of ether oxygens (including phenoxy) is 1. The highest BCUT2D eigenvalue weighted by Gasteiger charge is 2.76. The van der Waals surface area contributed by atoms with Crippen molar-refractivity contribution in [1.82, 2.24) is 15.1 Å². The van der Waals surface area contributed by atoms with Gasteiger partial charge < -0.3 is 25.0 Å². The fraction of sp³-hybridized carbons (Fsp3) is 0.695. The number of carbonyl (C=O) groups excluding carboxylic acids is 3. The van der Waals surface area contributed by atoms with E-state index < -0.39 is 28.3 Å². The first kappa shape index (κ1) is 50.3. The molecule has 1 aliphatic heterocycles. The minimum Gasteiger partial charge on any atom is -0.481 e. The molecular weight excluding hydrogens is 882 g/mol. The molecule has 7 aliphatic rings. The van der Waals surface area contributed by atoms with Gasteiger partial charge in [-0.15, -0.1) is 0 Å². The maximum Gasteiger partial charge on any atom is 0.318 e. The number of esters is 1. The number of likely N-dealkylation sites (tertiary alicyclic amines) is 1. The monoisotopic (exact) mass is 964 g/mol. The average Bonchev–Trinajstić information content (AvgIpc) is 3.60. The number of carbonyl (C=O) groups is 4. The molecule has 2 aromatic rings. The van der Waals surface area contributed by atoms with Crippen LogP contribution in [0.4, 0.5) is 4.79 Å². The van der Waals surface area contributed by atoms with E-state index in [1.807, 2.05) is 73.3 Å². The van der Waals surface area contributed by atoms with Crippen LogP contribution in [0.1, 0.15) is 157 Å². The van der Waals surface area contributed by atoms with Gasteiger partial charge in [0.05, 0.1) is 16.9 Å². The minimum atomic E-state index is -1.04. The molecule has 0 unspecified atom stereocenters. The molecule has 6 aliphatic carbocycles. The van der Waals surface area contributed by atoms with E-state index in [0.717, 1.165) is 87.7 Å². The van der Waals surface area contributed by atoms with Gasteiger partial charge in [0, 0.05) is 31.1 Å². The Balaban J connectivity index is 0.972. The number of carboxylic acids is 1. The minimum absolute atomic E-state index is 0.0113. The van der Waals surface area contributed by atoms with Crippen LogP contribution in [0.2, 0.25) is 5.02 Å². The zero-order chi connectivity index (χ0) is 49.5. The number of urea groups is 1. The lowest BCUT2D eigenvalue weighted by molar-refractivity contribution is -0.261. The van der Waals surface area contributed by atoms with Crippen molar-refractivity contribution < 1.29 is 29.0 Å². The van der Waals surface area contributed by atoms with Crippen molar-refractivity contribution in [2.24, 2.45) is 68.0 Å². The lowest BCUT2D eigenvalue weighted by Gasteiger charge is -2.74. The Morgan fingerprint density at radius 3 is 2.14 bits per heavy atom. The molecule has 6 fully saturated rings. The number of hydrogen-bond acceptors (Lipinski definition) is 6. The molecule has 376 valence electrons. The smallest absolute Gasteiger partial charge is 0.318 e. The second-order valence-electron chi connectivity index (χ2n) is 25.4. The van der Waals surface area contributed by atoms with Gasteiger partial charge in [0.25, 0.3) is 0 Å². The summed E-state index contributed by atoms with van der Waals surface area (Å²) < 4.78 is 5.87. The number of rotatable bonds is 12. The number of nitrogens with one attached hydrogen (secondary N) is 1. The molecule has 0 bridgehead atoms. The average molecular weight is 965 g/mol. The number of benzene rings is 2. The van der Waals surface area contributed by atoms with E-state index in [1.165, 1.54) is 24.8 Å². The van der Waals surface area contributed by atoms with Crippen molar-refractivity contribution in [3.63, 3.8) is 0 Å². The van der Waals surface area contributed by atoms with Crippen molar-refractivity contribution in [2.75, 3.05) is 26.2 Å². The summed E-state index contributed by atoms with van der Waals surface area (Å²) in [6, 6.07) is 17.4. The number of piperidine rings is 1. The molecule has 2 N–H and O–H groups in total. The summed E-state index contributed by atoms with van der Waals surface area (Å²) in [5.41, 5.74) is 1.20. The molecule has 9 rings (SSSR count). The zero-order valence-electron chi connectivity index (χ0n) is 43.4. The lowest BCUT2D eigenvalue weighted by atomic mass is 9.30. The highest BCUT2D eigenvalue weighted by atomic mass is 35.5. The maximum absolute atomic E-state index is 15.0. The molecule has 1 saturated heterocycles. The number of fused-ring (bicyclic) bond motifs is 7. The molecule has 10 atom stereocenters. The number of hydrogen-bond donors (Lipinski definition) is 2. The number of amides is 2. The molecule has 0 radical (unpaired) electrons. The normalized spacial score (nSPS) is 36.9.